The number of rotatable bonds is 8. The number of phenolic OH excluding ortho intramolecular Hbond substituents is 1. The first kappa shape index (κ1) is 20.7. The first-order chi connectivity index (χ1) is 14.6. The van der Waals surface area contributed by atoms with Crippen LogP contribution in [-0.4, -0.2) is 41.9 Å². The van der Waals surface area contributed by atoms with Gasteiger partial charge in [0, 0.05) is 23.7 Å². The Kier molecular flexibility index (Phi) is 5.97. The Hall–Kier alpha value is -2.57. The third-order valence-corrected chi connectivity index (χ3v) is 6.05. The van der Waals surface area contributed by atoms with Crippen LogP contribution in [0.3, 0.4) is 0 Å². The monoisotopic (exact) mass is 426 g/mol. The van der Waals surface area contributed by atoms with Gasteiger partial charge in [0.05, 0.1) is 12.4 Å². The third-order valence-electron chi connectivity index (χ3n) is 5.82. The van der Waals surface area contributed by atoms with Crippen LogP contribution in [0.4, 0.5) is 0 Å². The van der Waals surface area contributed by atoms with Crippen molar-refractivity contribution in [3.8, 4) is 5.75 Å². The SMILES string of the molecule is NCCCNC(=O)[C@]1(c2ccccc2)N=CN(CC2CC2)[C@H]1c1ccc(Cl)cc1O. The Labute approximate surface area is 181 Å². The highest BCUT2D eigenvalue weighted by Crippen LogP contribution is 2.49. The Morgan fingerprint density at radius 1 is 1.27 bits per heavy atom. The molecule has 0 radical (unpaired) electrons. The van der Waals surface area contributed by atoms with Crippen LogP contribution < -0.4 is 11.1 Å². The van der Waals surface area contributed by atoms with Crippen LogP contribution in [0.15, 0.2) is 53.5 Å². The molecule has 2 aromatic carbocycles. The topological polar surface area (TPSA) is 90.9 Å². The summed E-state index contributed by atoms with van der Waals surface area (Å²) in [7, 11) is 0. The van der Waals surface area contributed by atoms with Gasteiger partial charge in [0.1, 0.15) is 5.75 Å². The van der Waals surface area contributed by atoms with E-state index < -0.39 is 11.6 Å². The number of nitrogens with zero attached hydrogens (tertiary/aromatic N) is 2. The molecule has 158 valence electrons. The normalized spacial score (nSPS) is 23.0. The fourth-order valence-corrected chi connectivity index (χ4v) is 4.29. The number of halogens is 1. The van der Waals surface area contributed by atoms with E-state index in [0.29, 0.717) is 36.0 Å². The van der Waals surface area contributed by atoms with Crippen LogP contribution in [0, 0.1) is 5.92 Å². The van der Waals surface area contributed by atoms with Crippen molar-refractivity contribution in [1.82, 2.24) is 10.2 Å². The van der Waals surface area contributed by atoms with Crippen molar-refractivity contribution in [2.24, 2.45) is 16.6 Å². The van der Waals surface area contributed by atoms with E-state index in [2.05, 4.69) is 10.2 Å². The summed E-state index contributed by atoms with van der Waals surface area (Å²) in [6, 6.07) is 14.1. The molecule has 2 aliphatic rings. The maximum Gasteiger partial charge on any atom is 0.255 e. The highest BCUT2D eigenvalue weighted by Gasteiger charge is 2.54. The molecule has 1 heterocycles. The summed E-state index contributed by atoms with van der Waals surface area (Å²) in [6.07, 6.45) is 4.80. The highest BCUT2D eigenvalue weighted by atomic mass is 35.5. The maximum atomic E-state index is 13.7. The van der Waals surface area contributed by atoms with E-state index in [1.54, 1.807) is 18.5 Å². The summed E-state index contributed by atoms with van der Waals surface area (Å²) < 4.78 is 0. The number of hydrogen-bond donors (Lipinski definition) is 3. The third kappa shape index (κ3) is 3.89. The molecule has 1 aliphatic carbocycles. The Bertz CT molecular complexity index is 932. The van der Waals surface area contributed by atoms with Crippen molar-refractivity contribution in [2.75, 3.05) is 19.6 Å². The lowest BCUT2D eigenvalue weighted by molar-refractivity contribution is -0.128. The van der Waals surface area contributed by atoms with Gasteiger partial charge in [0.25, 0.3) is 5.91 Å². The Morgan fingerprint density at radius 2 is 2.03 bits per heavy atom. The number of carbonyl (C=O) groups excluding carboxylic acids is 1. The van der Waals surface area contributed by atoms with Crippen LogP contribution in [-0.2, 0) is 10.3 Å². The number of carbonyl (C=O) groups is 1. The van der Waals surface area contributed by atoms with E-state index in [0.717, 1.165) is 12.1 Å². The first-order valence-electron chi connectivity index (χ1n) is 10.4. The molecule has 0 saturated heterocycles. The van der Waals surface area contributed by atoms with Crippen molar-refractivity contribution >= 4 is 23.8 Å². The molecule has 0 unspecified atom stereocenters. The minimum atomic E-state index is -1.21. The molecule has 30 heavy (non-hydrogen) atoms. The second-order valence-corrected chi connectivity index (χ2v) is 8.46. The molecular formula is C23H27ClN4O2. The Morgan fingerprint density at radius 3 is 2.70 bits per heavy atom. The van der Waals surface area contributed by atoms with Crippen molar-refractivity contribution in [2.45, 2.75) is 30.8 Å². The van der Waals surface area contributed by atoms with E-state index in [4.69, 9.17) is 22.3 Å². The van der Waals surface area contributed by atoms with Gasteiger partial charge in [-0.1, -0.05) is 48.0 Å². The standard InChI is InChI=1S/C23H27ClN4O2/c24-18-9-10-19(20(29)13-18)21-23(17-5-2-1-3-6-17,22(30)26-12-4-11-25)27-15-28(21)14-16-7-8-16/h1-3,5-6,9-10,13,15-16,21,29H,4,7-8,11-12,14,25H2,(H,26,30)/t21-,23+/m0/s1. The zero-order valence-corrected chi connectivity index (χ0v) is 17.6. The molecule has 6 nitrogen and oxygen atoms in total. The molecule has 1 aliphatic heterocycles. The molecule has 1 saturated carbocycles. The quantitative estimate of drug-likeness (QED) is 0.565. The van der Waals surface area contributed by atoms with Gasteiger partial charge < -0.3 is 21.1 Å². The van der Waals surface area contributed by atoms with Crippen LogP contribution in [0.5, 0.6) is 5.75 Å². The summed E-state index contributed by atoms with van der Waals surface area (Å²) in [5.74, 6) is 0.449. The molecule has 4 rings (SSSR count). The van der Waals surface area contributed by atoms with E-state index >= 15 is 0 Å². The van der Waals surface area contributed by atoms with Crippen LogP contribution in [0.2, 0.25) is 5.02 Å². The number of phenols is 1. The number of nitrogens with two attached hydrogens (primary N) is 1. The molecular weight excluding hydrogens is 400 g/mol. The lowest BCUT2D eigenvalue weighted by atomic mass is 9.78. The molecule has 7 heteroatoms. The predicted molar refractivity (Wildman–Crippen MR) is 119 cm³/mol. The maximum absolute atomic E-state index is 13.7. The fourth-order valence-electron chi connectivity index (χ4n) is 4.12. The summed E-state index contributed by atoms with van der Waals surface area (Å²) in [5.41, 5.74) is 5.82. The number of aromatic hydroxyl groups is 1. The number of hydrogen-bond acceptors (Lipinski definition) is 5. The summed E-state index contributed by atoms with van der Waals surface area (Å²) in [6.45, 7) is 1.76. The van der Waals surface area contributed by atoms with Gasteiger partial charge in [0.15, 0.2) is 5.54 Å². The first-order valence-corrected chi connectivity index (χ1v) is 10.8. The van der Waals surface area contributed by atoms with Crippen molar-refractivity contribution in [1.29, 1.82) is 0 Å². The van der Waals surface area contributed by atoms with Crippen molar-refractivity contribution < 1.29 is 9.90 Å². The number of benzene rings is 2. The Balaban J connectivity index is 1.82. The largest absolute Gasteiger partial charge is 0.508 e. The number of nitrogens with one attached hydrogen (secondary N) is 1. The van der Waals surface area contributed by atoms with Crippen LogP contribution in [0.25, 0.3) is 0 Å². The van der Waals surface area contributed by atoms with E-state index in [9.17, 15) is 9.90 Å². The summed E-state index contributed by atoms with van der Waals surface area (Å²) >= 11 is 6.09. The van der Waals surface area contributed by atoms with Gasteiger partial charge in [0.2, 0.25) is 0 Å². The fraction of sp³-hybridized carbons (Fsp3) is 0.391. The average Bonchev–Trinajstić information content (AvgIpc) is 3.48. The minimum absolute atomic E-state index is 0.0638. The van der Waals surface area contributed by atoms with Gasteiger partial charge in [-0.15, -0.1) is 0 Å². The molecule has 2 atom stereocenters. The average molecular weight is 427 g/mol. The predicted octanol–water partition coefficient (Wildman–Crippen LogP) is 3.20. The molecule has 1 fully saturated rings. The van der Waals surface area contributed by atoms with Crippen molar-refractivity contribution in [3.05, 3.63) is 64.7 Å². The summed E-state index contributed by atoms with van der Waals surface area (Å²) in [4.78, 5) is 20.6. The van der Waals surface area contributed by atoms with E-state index in [1.807, 2.05) is 30.3 Å². The van der Waals surface area contributed by atoms with Gasteiger partial charge >= 0.3 is 0 Å². The van der Waals surface area contributed by atoms with Gasteiger partial charge in [-0.2, -0.15) is 0 Å². The van der Waals surface area contributed by atoms with Crippen LogP contribution >= 0.6 is 11.6 Å². The second-order valence-electron chi connectivity index (χ2n) is 8.02. The zero-order chi connectivity index (χ0) is 21.1. The van der Waals surface area contributed by atoms with Crippen LogP contribution in [0.1, 0.15) is 36.4 Å². The number of amides is 1. The molecule has 2 aromatic rings. The van der Waals surface area contributed by atoms with E-state index in [1.165, 1.54) is 18.9 Å². The zero-order valence-electron chi connectivity index (χ0n) is 16.8. The highest BCUT2D eigenvalue weighted by molar-refractivity contribution is 6.30. The van der Waals surface area contributed by atoms with Gasteiger partial charge in [-0.25, -0.2) is 0 Å². The molecule has 0 bridgehead atoms. The van der Waals surface area contributed by atoms with Gasteiger partial charge in [-0.05, 0) is 49.4 Å². The molecule has 4 N–H and O–H groups in total. The van der Waals surface area contributed by atoms with E-state index in [-0.39, 0.29) is 11.7 Å². The smallest absolute Gasteiger partial charge is 0.255 e. The van der Waals surface area contributed by atoms with Gasteiger partial charge in [-0.3, -0.25) is 9.79 Å². The lowest BCUT2D eigenvalue weighted by Gasteiger charge is -2.37. The molecule has 0 aromatic heterocycles. The van der Waals surface area contributed by atoms with Crippen molar-refractivity contribution in [3.63, 3.8) is 0 Å². The number of aliphatic imine (C=N–C) groups is 1. The summed E-state index contributed by atoms with van der Waals surface area (Å²) in [5, 5.41) is 14.2. The lowest BCUT2D eigenvalue weighted by Crippen LogP contribution is -2.49. The molecule has 0 spiro atoms. The minimum Gasteiger partial charge on any atom is -0.508 e. The second kappa shape index (κ2) is 8.66. The molecule has 1 amide bonds.